The zero-order valence-corrected chi connectivity index (χ0v) is 23.9. The van der Waals surface area contributed by atoms with Gasteiger partial charge in [-0.25, -0.2) is 18.7 Å². The number of alkyl halides is 2. The Morgan fingerprint density at radius 2 is 1.91 bits per heavy atom. The smallest absolute Gasteiger partial charge is 0.387 e. The van der Waals surface area contributed by atoms with Crippen molar-refractivity contribution in [1.82, 2.24) is 24.7 Å². The number of hydrogen-bond acceptors (Lipinski definition) is 8. The van der Waals surface area contributed by atoms with Crippen LogP contribution in [-0.4, -0.2) is 57.1 Å². The lowest BCUT2D eigenvalue weighted by molar-refractivity contribution is -0.117. The minimum absolute atomic E-state index is 0.0673. The number of carbonyl (C=O) groups is 2. The first kappa shape index (κ1) is 31.3. The second-order valence-electron chi connectivity index (χ2n) is 9.32. The molecule has 3 aromatic heterocycles. The van der Waals surface area contributed by atoms with Gasteiger partial charge in [-0.1, -0.05) is 11.6 Å². The van der Waals surface area contributed by atoms with E-state index < -0.39 is 24.0 Å². The topological polar surface area (TPSA) is 115 Å². The molecule has 4 heterocycles. The highest BCUT2D eigenvalue weighted by atomic mass is 35.5. The molecule has 226 valence electrons. The molecule has 10 nitrogen and oxygen atoms in total. The van der Waals surface area contributed by atoms with Crippen molar-refractivity contribution in [2.75, 3.05) is 23.8 Å². The third-order valence-corrected chi connectivity index (χ3v) is 6.95. The molecule has 1 N–H and O–H groups in total. The summed E-state index contributed by atoms with van der Waals surface area (Å²) in [4.78, 5) is 35.5. The van der Waals surface area contributed by atoms with Crippen LogP contribution in [0.3, 0.4) is 0 Å². The Kier molecular flexibility index (Phi) is 9.91. The minimum Gasteiger partial charge on any atom is -0.434 e. The van der Waals surface area contributed by atoms with Gasteiger partial charge in [-0.05, 0) is 38.0 Å². The Balaban J connectivity index is 0.000000199. The van der Waals surface area contributed by atoms with Crippen LogP contribution >= 0.6 is 11.6 Å². The Morgan fingerprint density at radius 1 is 1.14 bits per heavy atom. The molecule has 5 rings (SSSR count). The summed E-state index contributed by atoms with van der Waals surface area (Å²) < 4.78 is 59.4. The lowest BCUT2D eigenvalue weighted by Gasteiger charge is -2.20. The molecular weight excluding hydrogens is 594 g/mol. The Bertz CT molecular complexity index is 1640. The van der Waals surface area contributed by atoms with Crippen LogP contribution in [0, 0.1) is 18.6 Å². The predicted molar refractivity (Wildman–Crippen MR) is 151 cm³/mol. The number of hydrogen-bond donors (Lipinski definition) is 1. The van der Waals surface area contributed by atoms with Gasteiger partial charge in [-0.3, -0.25) is 24.2 Å². The van der Waals surface area contributed by atoms with Crippen molar-refractivity contribution < 1.29 is 31.9 Å². The van der Waals surface area contributed by atoms with Crippen molar-refractivity contribution in [2.45, 2.75) is 39.3 Å². The third-order valence-electron chi connectivity index (χ3n) is 6.65. The molecular formula is C28H26ClF4N7O3. The number of aldehydes is 1. The fraction of sp³-hybridized carbons (Fsp3) is 0.286. The van der Waals surface area contributed by atoms with Gasteiger partial charge in [0.25, 0.3) is 0 Å². The second kappa shape index (κ2) is 13.6. The summed E-state index contributed by atoms with van der Waals surface area (Å²) >= 11 is 5.61. The van der Waals surface area contributed by atoms with Crippen LogP contribution in [0.2, 0.25) is 5.02 Å². The number of nitrogens with zero attached hydrogens (tertiary/aromatic N) is 6. The molecule has 15 heteroatoms. The number of carbonyl (C=O) groups excluding carboxylic acids is 2. The zero-order valence-electron chi connectivity index (χ0n) is 23.2. The molecule has 1 saturated heterocycles. The maximum absolute atomic E-state index is 14.7. The van der Waals surface area contributed by atoms with E-state index in [-0.39, 0.29) is 39.7 Å². The maximum atomic E-state index is 14.7. The van der Waals surface area contributed by atoms with Gasteiger partial charge in [0.1, 0.15) is 11.4 Å². The minimum atomic E-state index is -3.14. The van der Waals surface area contributed by atoms with Crippen LogP contribution < -0.4 is 15.0 Å². The van der Waals surface area contributed by atoms with E-state index in [0.29, 0.717) is 24.8 Å². The zero-order chi connectivity index (χ0) is 31.3. The van der Waals surface area contributed by atoms with E-state index >= 15 is 0 Å². The monoisotopic (exact) mass is 619 g/mol. The Morgan fingerprint density at radius 3 is 2.53 bits per heavy atom. The fourth-order valence-electron chi connectivity index (χ4n) is 4.41. The van der Waals surface area contributed by atoms with E-state index in [2.05, 4.69) is 30.1 Å². The number of halogens is 5. The summed E-state index contributed by atoms with van der Waals surface area (Å²) in [5.74, 6) is -1.79. The largest absolute Gasteiger partial charge is 0.434 e. The van der Waals surface area contributed by atoms with Crippen LogP contribution in [0.5, 0.6) is 5.75 Å². The molecule has 4 aromatic rings. The highest BCUT2D eigenvalue weighted by Crippen LogP contribution is 2.36. The molecule has 0 aliphatic carbocycles. The molecule has 1 amide bonds. The molecule has 1 fully saturated rings. The second-order valence-corrected chi connectivity index (χ2v) is 9.73. The molecule has 0 spiro atoms. The molecule has 0 bridgehead atoms. The van der Waals surface area contributed by atoms with E-state index in [1.807, 2.05) is 20.2 Å². The van der Waals surface area contributed by atoms with Crippen molar-refractivity contribution in [3.05, 3.63) is 76.6 Å². The standard InChI is InChI=1S/C16H20FN5O.C12H6ClF3N2O2/c1-10-13(11(2)22-9-12(18-3)7-20-22)8-19-16(15(10)17)21-6-4-5-14(21)23;13-7-1-2-9(20-12(15)16)10(11(7)14)8-4-17-3-6(5-19)18-8/h7-9,11,18H,4-6H2,1-3H3;1-5,12H. The number of pyridine rings is 1. The van der Waals surface area contributed by atoms with Gasteiger partial charge in [-0.2, -0.15) is 13.9 Å². The molecule has 1 aromatic carbocycles. The van der Waals surface area contributed by atoms with Gasteiger partial charge >= 0.3 is 6.61 Å². The van der Waals surface area contributed by atoms with Gasteiger partial charge < -0.3 is 10.1 Å². The van der Waals surface area contributed by atoms with Gasteiger partial charge in [-0.15, -0.1) is 0 Å². The fourth-order valence-corrected chi connectivity index (χ4v) is 4.56. The maximum Gasteiger partial charge on any atom is 0.387 e. The van der Waals surface area contributed by atoms with Gasteiger partial charge in [0, 0.05) is 38.0 Å². The van der Waals surface area contributed by atoms with Crippen molar-refractivity contribution in [3.8, 4) is 17.0 Å². The van der Waals surface area contributed by atoms with Crippen LogP contribution in [0.25, 0.3) is 11.3 Å². The average molecular weight is 620 g/mol. The Labute approximate surface area is 248 Å². The highest BCUT2D eigenvalue weighted by Gasteiger charge is 2.28. The number of nitrogens with one attached hydrogen (secondary N) is 1. The number of ether oxygens (including phenoxy) is 1. The van der Waals surface area contributed by atoms with E-state index in [1.165, 1.54) is 4.90 Å². The average Bonchev–Trinajstić information content (AvgIpc) is 3.65. The van der Waals surface area contributed by atoms with Crippen molar-refractivity contribution in [1.29, 1.82) is 0 Å². The number of rotatable bonds is 8. The lowest BCUT2D eigenvalue weighted by Crippen LogP contribution is -2.26. The van der Waals surface area contributed by atoms with Crippen molar-refractivity contribution >= 4 is 35.3 Å². The molecule has 0 saturated carbocycles. The molecule has 1 unspecified atom stereocenters. The number of amides is 1. The molecule has 1 atom stereocenters. The van der Waals surface area contributed by atoms with E-state index in [9.17, 15) is 27.2 Å². The summed E-state index contributed by atoms with van der Waals surface area (Å²) in [6, 6.07) is 2.01. The summed E-state index contributed by atoms with van der Waals surface area (Å²) in [5.41, 5.74) is 1.55. The number of benzene rings is 1. The number of aromatic nitrogens is 5. The normalized spacial score (nSPS) is 13.5. The summed E-state index contributed by atoms with van der Waals surface area (Å²) in [5, 5.41) is 7.01. The van der Waals surface area contributed by atoms with Crippen LogP contribution in [0.15, 0.2) is 43.1 Å². The SMILES string of the molecule is CNc1cnn(C(C)c2cnc(N3CCCC3=O)c(F)c2C)c1.O=Cc1cncc(-c2c(OC(F)F)ccc(Cl)c2F)n1. The first-order valence-electron chi connectivity index (χ1n) is 12.9. The van der Waals surface area contributed by atoms with E-state index in [4.69, 9.17) is 11.6 Å². The summed E-state index contributed by atoms with van der Waals surface area (Å²) in [6.07, 6.45) is 9.08. The Hall–Kier alpha value is -4.59. The summed E-state index contributed by atoms with van der Waals surface area (Å²) in [6.45, 7) is 1.05. The van der Waals surface area contributed by atoms with E-state index in [1.54, 1.807) is 24.0 Å². The van der Waals surface area contributed by atoms with Crippen LogP contribution in [-0.2, 0) is 4.79 Å². The van der Waals surface area contributed by atoms with Crippen LogP contribution in [0.1, 0.15) is 47.4 Å². The first-order chi connectivity index (χ1) is 20.5. The lowest BCUT2D eigenvalue weighted by atomic mass is 10.0. The molecule has 0 radical (unpaired) electrons. The first-order valence-corrected chi connectivity index (χ1v) is 13.3. The number of anilines is 2. The predicted octanol–water partition coefficient (Wildman–Crippen LogP) is 5.85. The quantitative estimate of drug-likeness (QED) is 0.193. The van der Waals surface area contributed by atoms with Gasteiger partial charge in [0.2, 0.25) is 5.91 Å². The van der Waals surface area contributed by atoms with Gasteiger partial charge in [0.15, 0.2) is 23.7 Å². The van der Waals surface area contributed by atoms with E-state index in [0.717, 1.165) is 42.2 Å². The van der Waals surface area contributed by atoms with Gasteiger partial charge in [0.05, 0.1) is 46.6 Å². The van der Waals surface area contributed by atoms with Crippen LogP contribution in [0.4, 0.5) is 29.1 Å². The van der Waals surface area contributed by atoms with Crippen molar-refractivity contribution in [2.24, 2.45) is 0 Å². The molecule has 1 aliphatic heterocycles. The highest BCUT2D eigenvalue weighted by molar-refractivity contribution is 6.31. The third kappa shape index (κ3) is 6.91. The summed E-state index contributed by atoms with van der Waals surface area (Å²) in [7, 11) is 1.82. The molecule has 43 heavy (non-hydrogen) atoms. The molecule has 1 aliphatic rings. The van der Waals surface area contributed by atoms with Crippen molar-refractivity contribution in [3.63, 3.8) is 0 Å².